The van der Waals surface area contributed by atoms with Gasteiger partial charge >= 0.3 is 0 Å². The highest BCUT2D eigenvalue weighted by Gasteiger charge is 2.12. The Morgan fingerprint density at radius 2 is 2.00 bits per heavy atom. The number of benzene rings is 1. The molecule has 21 heavy (non-hydrogen) atoms. The van der Waals surface area contributed by atoms with Crippen LogP contribution < -0.4 is 5.32 Å². The maximum atomic E-state index is 12.2. The van der Waals surface area contributed by atoms with Gasteiger partial charge in [0.1, 0.15) is 0 Å². The van der Waals surface area contributed by atoms with Crippen LogP contribution >= 0.6 is 0 Å². The number of anilines is 1. The van der Waals surface area contributed by atoms with Gasteiger partial charge in [0.15, 0.2) is 0 Å². The minimum Gasteiger partial charge on any atom is -0.322 e. The molecule has 2 heterocycles. The number of amides is 1. The average Bonchev–Trinajstić information content (AvgIpc) is 3.11. The van der Waals surface area contributed by atoms with E-state index in [1.165, 1.54) is 0 Å². The fourth-order valence-corrected chi connectivity index (χ4v) is 2.07. The molecular formula is C15H15N5O. The second-order valence-electron chi connectivity index (χ2n) is 4.77. The summed E-state index contributed by atoms with van der Waals surface area (Å²) >= 11 is 0. The van der Waals surface area contributed by atoms with Crippen LogP contribution in [-0.2, 0) is 7.05 Å². The van der Waals surface area contributed by atoms with Crippen molar-refractivity contribution in [1.29, 1.82) is 0 Å². The zero-order chi connectivity index (χ0) is 14.8. The molecule has 0 fully saturated rings. The van der Waals surface area contributed by atoms with Crippen molar-refractivity contribution < 1.29 is 4.79 Å². The molecule has 0 spiro atoms. The first-order valence-electron chi connectivity index (χ1n) is 6.55. The zero-order valence-corrected chi connectivity index (χ0v) is 11.8. The van der Waals surface area contributed by atoms with Crippen molar-refractivity contribution in [3.05, 3.63) is 54.0 Å². The fraction of sp³-hybridized carbons (Fsp3) is 0.133. The van der Waals surface area contributed by atoms with Crippen LogP contribution in [0.15, 0.2) is 42.7 Å². The SMILES string of the molecule is Cc1c(C(=O)Nc2ccc(-c3ccn[nH]3)cc2)cnn1C. The van der Waals surface area contributed by atoms with Gasteiger partial charge in [-0.15, -0.1) is 0 Å². The van der Waals surface area contributed by atoms with Crippen molar-refractivity contribution in [3.8, 4) is 11.3 Å². The first-order valence-corrected chi connectivity index (χ1v) is 6.55. The van der Waals surface area contributed by atoms with E-state index >= 15 is 0 Å². The number of hydrogen-bond donors (Lipinski definition) is 2. The molecule has 106 valence electrons. The van der Waals surface area contributed by atoms with Gasteiger partial charge in [0.05, 0.1) is 17.5 Å². The minimum absolute atomic E-state index is 0.158. The molecule has 1 amide bonds. The molecule has 0 aliphatic heterocycles. The molecular weight excluding hydrogens is 266 g/mol. The van der Waals surface area contributed by atoms with Crippen molar-refractivity contribution >= 4 is 11.6 Å². The maximum Gasteiger partial charge on any atom is 0.259 e. The Labute approximate surface area is 121 Å². The largest absolute Gasteiger partial charge is 0.322 e. The van der Waals surface area contributed by atoms with Crippen LogP contribution in [0.25, 0.3) is 11.3 Å². The molecule has 3 aromatic rings. The monoisotopic (exact) mass is 281 g/mol. The van der Waals surface area contributed by atoms with Gasteiger partial charge < -0.3 is 5.32 Å². The van der Waals surface area contributed by atoms with Crippen molar-refractivity contribution in [2.45, 2.75) is 6.92 Å². The molecule has 6 nitrogen and oxygen atoms in total. The van der Waals surface area contributed by atoms with Crippen molar-refractivity contribution in [2.24, 2.45) is 7.05 Å². The molecule has 0 radical (unpaired) electrons. The van der Waals surface area contributed by atoms with E-state index in [1.807, 2.05) is 44.3 Å². The second-order valence-corrected chi connectivity index (χ2v) is 4.77. The highest BCUT2D eigenvalue weighted by atomic mass is 16.1. The quantitative estimate of drug-likeness (QED) is 0.774. The Hall–Kier alpha value is -2.89. The van der Waals surface area contributed by atoms with E-state index in [4.69, 9.17) is 0 Å². The minimum atomic E-state index is -0.158. The Morgan fingerprint density at radius 1 is 1.24 bits per heavy atom. The molecule has 0 saturated carbocycles. The first kappa shape index (κ1) is 13.1. The van der Waals surface area contributed by atoms with Gasteiger partial charge in [-0.2, -0.15) is 10.2 Å². The van der Waals surface area contributed by atoms with Gasteiger partial charge in [0, 0.05) is 24.6 Å². The lowest BCUT2D eigenvalue weighted by molar-refractivity contribution is 0.102. The third kappa shape index (κ3) is 2.55. The van der Waals surface area contributed by atoms with Crippen LogP contribution in [0.3, 0.4) is 0 Å². The molecule has 3 rings (SSSR count). The summed E-state index contributed by atoms with van der Waals surface area (Å²) in [6.45, 7) is 1.86. The number of H-pyrrole nitrogens is 1. The molecule has 0 saturated heterocycles. The number of carbonyl (C=O) groups is 1. The molecule has 0 bridgehead atoms. The summed E-state index contributed by atoms with van der Waals surface area (Å²) in [5.41, 5.74) is 4.11. The van der Waals surface area contributed by atoms with E-state index in [9.17, 15) is 4.79 Å². The highest BCUT2D eigenvalue weighted by Crippen LogP contribution is 2.19. The van der Waals surface area contributed by atoms with E-state index < -0.39 is 0 Å². The van der Waals surface area contributed by atoms with Gasteiger partial charge in [-0.3, -0.25) is 14.6 Å². The topological polar surface area (TPSA) is 75.6 Å². The number of nitrogens with zero attached hydrogens (tertiary/aromatic N) is 3. The third-order valence-corrected chi connectivity index (χ3v) is 3.43. The van der Waals surface area contributed by atoms with Crippen LogP contribution in [-0.4, -0.2) is 25.9 Å². The third-order valence-electron chi connectivity index (χ3n) is 3.43. The lowest BCUT2D eigenvalue weighted by atomic mass is 10.1. The van der Waals surface area contributed by atoms with Crippen molar-refractivity contribution in [2.75, 3.05) is 5.32 Å². The van der Waals surface area contributed by atoms with Gasteiger partial charge in [0.2, 0.25) is 0 Å². The van der Waals surface area contributed by atoms with Crippen LogP contribution in [0.4, 0.5) is 5.69 Å². The number of rotatable bonds is 3. The number of aromatic nitrogens is 4. The Morgan fingerprint density at radius 3 is 2.57 bits per heavy atom. The predicted molar refractivity (Wildman–Crippen MR) is 79.9 cm³/mol. The van der Waals surface area contributed by atoms with Crippen LogP contribution in [0.5, 0.6) is 0 Å². The highest BCUT2D eigenvalue weighted by molar-refractivity contribution is 6.04. The summed E-state index contributed by atoms with van der Waals surface area (Å²) in [6.07, 6.45) is 3.28. The standard InChI is InChI=1S/C15H15N5O/c1-10-13(9-17-20(10)2)15(21)18-12-5-3-11(4-6-12)14-7-8-16-19-14/h3-9H,1-2H3,(H,16,19)(H,18,21). The summed E-state index contributed by atoms with van der Waals surface area (Å²) < 4.78 is 1.68. The van der Waals surface area contributed by atoms with Gasteiger partial charge in [-0.25, -0.2) is 0 Å². The van der Waals surface area contributed by atoms with E-state index in [0.717, 1.165) is 22.6 Å². The Kier molecular flexibility index (Phi) is 3.27. The molecule has 0 aliphatic rings. The number of nitrogens with one attached hydrogen (secondary N) is 2. The summed E-state index contributed by atoms with van der Waals surface area (Å²) in [6, 6.07) is 9.48. The smallest absolute Gasteiger partial charge is 0.259 e. The maximum absolute atomic E-state index is 12.2. The molecule has 2 N–H and O–H groups in total. The molecule has 1 aromatic carbocycles. The van der Waals surface area contributed by atoms with Crippen molar-refractivity contribution in [3.63, 3.8) is 0 Å². The molecule has 0 aliphatic carbocycles. The van der Waals surface area contributed by atoms with E-state index in [2.05, 4.69) is 20.6 Å². The van der Waals surface area contributed by atoms with Crippen LogP contribution in [0, 0.1) is 6.92 Å². The molecule has 2 aromatic heterocycles. The average molecular weight is 281 g/mol. The Balaban J connectivity index is 1.76. The summed E-state index contributed by atoms with van der Waals surface area (Å²) in [4.78, 5) is 12.2. The summed E-state index contributed by atoms with van der Waals surface area (Å²) in [5, 5.41) is 13.8. The number of aromatic amines is 1. The molecule has 6 heteroatoms. The number of carbonyl (C=O) groups excluding carboxylic acids is 1. The number of hydrogen-bond acceptors (Lipinski definition) is 3. The van der Waals surface area contributed by atoms with Gasteiger partial charge in [-0.1, -0.05) is 12.1 Å². The normalized spacial score (nSPS) is 10.6. The van der Waals surface area contributed by atoms with Gasteiger partial charge in [0.25, 0.3) is 5.91 Å². The van der Waals surface area contributed by atoms with E-state index in [-0.39, 0.29) is 5.91 Å². The lowest BCUT2D eigenvalue weighted by Gasteiger charge is -2.06. The number of aryl methyl sites for hydroxylation is 1. The second kappa shape index (κ2) is 5.24. The van der Waals surface area contributed by atoms with Crippen molar-refractivity contribution in [1.82, 2.24) is 20.0 Å². The van der Waals surface area contributed by atoms with Crippen LogP contribution in [0.2, 0.25) is 0 Å². The van der Waals surface area contributed by atoms with E-state index in [0.29, 0.717) is 5.56 Å². The Bertz CT molecular complexity index is 756. The fourth-order valence-electron chi connectivity index (χ4n) is 2.07. The van der Waals surface area contributed by atoms with Gasteiger partial charge in [-0.05, 0) is 30.7 Å². The van der Waals surface area contributed by atoms with E-state index in [1.54, 1.807) is 17.1 Å². The summed E-state index contributed by atoms with van der Waals surface area (Å²) in [5.74, 6) is -0.158. The predicted octanol–water partition coefficient (Wildman–Crippen LogP) is 2.37. The molecule has 0 atom stereocenters. The summed E-state index contributed by atoms with van der Waals surface area (Å²) in [7, 11) is 1.81. The van der Waals surface area contributed by atoms with Crippen LogP contribution in [0.1, 0.15) is 16.1 Å². The first-order chi connectivity index (χ1) is 10.1. The lowest BCUT2D eigenvalue weighted by Crippen LogP contribution is -2.12. The molecule has 0 unspecified atom stereocenters. The zero-order valence-electron chi connectivity index (χ0n) is 11.8.